The van der Waals surface area contributed by atoms with E-state index in [0.717, 1.165) is 23.2 Å². The molecule has 3 nitrogen and oxygen atoms in total. The van der Waals surface area contributed by atoms with E-state index >= 15 is 0 Å². The summed E-state index contributed by atoms with van der Waals surface area (Å²) in [5.41, 5.74) is 10.9. The van der Waals surface area contributed by atoms with Gasteiger partial charge in [-0.3, -0.25) is 0 Å². The van der Waals surface area contributed by atoms with Crippen LogP contribution in [-0.4, -0.2) is 18.2 Å². The molecule has 3 aromatic rings. The summed E-state index contributed by atoms with van der Waals surface area (Å²) in [6.45, 7) is 3.68. The van der Waals surface area contributed by atoms with Crippen LogP contribution in [0.5, 0.6) is 5.75 Å². The van der Waals surface area contributed by atoms with Gasteiger partial charge in [0.1, 0.15) is 5.75 Å². The average Bonchev–Trinajstić information content (AvgIpc) is 2.82. The molecule has 0 bridgehead atoms. The molecular formula is C19H21BrN2O. The number of benzene rings is 2. The molecule has 4 heteroatoms. The molecule has 0 unspecified atom stereocenters. The Morgan fingerprint density at radius 1 is 1.13 bits per heavy atom. The molecule has 0 fully saturated rings. The van der Waals surface area contributed by atoms with Crippen molar-refractivity contribution < 1.29 is 4.74 Å². The lowest BCUT2D eigenvalue weighted by Crippen LogP contribution is -2.06. The van der Waals surface area contributed by atoms with Crippen LogP contribution in [-0.2, 0) is 13.0 Å². The Kier molecular flexibility index (Phi) is 4.74. The van der Waals surface area contributed by atoms with Gasteiger partial charge in [0.25, 0.3) is 0 Å². The van der Waals surface area contributed by atoms with Gasteiger partial charge in [-0.05, 0) is 61.3 Å². The van der Waals surface area contributed by atoms with E-state index in [1.807, 2.05) is 6.07 Å². The van der Waals surface area contributed by atoms with Crippen LogP contribution in [0.25, 0.3) is 10.9 Å². The zero-order valence-corrected chi connectivity index (χ0v) is 15.1. The van der Waals surface area contributed by atoms with Crippen LogP contribution >= 0.6 is 15.9 Å². The largest absolute Gasteiger partial charge is 0.497 e. The number of halogens is 1. The highest BCUT2D eigenvalue weighted by atomic mass is 79.9. The van der Waals surface area contributed by atoms with Crippen molar-refractivity contribution in [2.75, 3.05) is 13.7 Å². The number of aromatic nitrogens is 1. The zero-order chi connectivity index (χ0) is 16.4. The van der Waals surface area contributed by atoms with Gasteiger partial charge in [0.2, 0.25) is 0 Å². The second-order valence-corrected chi connectivity index (χ2v) is 6.61. The molecule has 3 rings (SSSR count). The second kappa shape index (κ2) is 6.77. The Hall–Kier alpha value is -1.78. The first-order valence-corrected chi connectivity index (χ1v) is 8.53. The molecule has 0 spiro atoms. The molecule has 2 N–H and O–H groups in total. The van der Waals surface area contributed by atoms with E-state index in [2.05, 4.69) is 63.8 Å². The van der Waals surface area contributed by atoms with Crippen LogP contribution in [0, 0.1) is 6.92 Å². The van der Waals surface area contributed by atoms with Crippen molar-refractivity contribution in [2.45, 2.75) is 19.9 Å². The van der Waals surface area contributed by atoms with Gasteiger partial charge >= 0.3 is 0 Å². The molecule has 0 aliphatic rings. The maximum Gasteiger partial charge on any atom is 0.119 e. The van der Waals surface area contributed by atoms with E-state index < -0.39 is 0 Å². The molecule has 1 aromatic heterocycles. The number of hydrogen-bond donors (Lipinski definition) is 1. The van der Waals surface area contributed by atoms with Crippen molar-refractivity contribution >= 4 is 26.8 Å². The van der Waals surface area contributed by atoms with E-state index in [4.69, 9.17) is 10.5 Å². The highest BCUT2D eigenvalue weighted by Crippen LogP contribution is 2.30. The standard InChI is InChI=1S/C19H21BrN2O/c1-13-17(9-10-21)18-11-16(23-2)7-8-19(18)22(13)12-14-3-5-15(20)6-4-14/h3-8,11H,9-10,12,21H2,1-2H3. The van der Waals surface area contributed by atoms with E-state index in [0.29, 0.717) is 6.54 Å². The van der Waals surface area contributed by atoms with Crippen molar-refractivity contribution in [2.24, 2.45) is 5.73 Å². The maximum atomic E-state index is 5.82. The normalized spacial score (nSPS) is 11.1. The van der Waals surface area contributed by atoms with Crippen molar-refractivity contribution in [1.29, 1.82) is 0 Å². The van der Waals surface area contributed by atoms with Crippen LogP contribution in [0.2, 0.25) is 0 Å². The van der Waals surface area contributed by atoms with Crippen LogP contribution in [0.1, 0.15) is 16.8 Å². The van der Waals surface area contributed by atoms with Crippen molar-refractivity contribution in [3.63, 3.8) is 0 Å². The smallest absolute Gasteiger partial charge is 0.119 e. The Morgan fingerprint density at radius 2 is 1.87 bits per heavy atom. The van der Waals surface area contributed by atoms with Gasteiger partial charge in [-0.15, -0.1) is 0 Å². The number of nitrogens with zero attached hydrogens (tertiary/aromatic N) is 1. The highest BCUT2D eigenvalue weighted by molar-refractivity contribution is 9.10. The molecule has 23 heavy (non-hydrogen) atoms. The zero-order valence-electron chi connectivity index (χ0n) is 13.5. The van der Waals surface area contributed by atoms with E-state index in [1.165, 1.54) is 27.7 Å². The van der Waals surface area contributed by atoms with Crippen LogP contribution in [0.4, 0.5) is 0 Å². The Morgan fingerprint density at radius 3 is 2.52 bits per heavy atom. The van der Waals surface area contributed by atoms with Crippen LogP contribution in [0.15, 0.2) is 46.9 Å². The summed E-state index contributed by atoms with van der Waals surface area (Å²) in [5.74, 6) is 0.886. The third-order valence-electron chi connectivity index (χ3n) is 4.31. The maximum absolute atomic E-state index is 5.82. The lowest BCUT2D eigenvalue weighted by Gasteiger charge is -2.09. The molecule has 1 heterocycles. The fraction of sp³-hybridized carbons (Fsp3) is 0.263. The molecule has 0 radical (unpaired) electrons. The van der Waals surface area contributed by atoms with Gasteiger partial charge in [-0.2, -0.15) is 0 Å². The first-order valence-electron chi connectivity index (χ1n) is 7.74. The summed E-state index contributed by atoms with van der Waals surface area (Å²) < 4.78 is 8.86. The number of nitrogens with two attached hydrogens (primary N) is 1. The SMILES string of the molecule is COc1ccc2c(c1)c(CCN)c(C)n2Cc1ccc(Br)cc1. The minimum absolute atomic E-state index is 0.648. The summed E-state index contributed by atoms with van der Waals surface area (Å²) in [4.78, 5) is 0. The van der Waals surface area contributed by atoms with Gasteiger partial charge in [-0.1, -0.05) is 28.1 Å². The highest BCUT2D eigenvalue weighted by Gasteiger charge is 2.14. The number of fused-ring (bicyclic) bond motifs is 1. The van der Waals surface area contributed by atoms with Crippen molar-refractivity contribution in [1.82, 2.24) is 4.57 Å². The molecule has 0 aliphatic carbocycles. The summed E-state index contributed by atoms with van der Waals surface area (Å²) in [6.07, 6.45) is 0.878. The number of hydrogen-bond acceptors (Lipinski definition) is 2. The molecule has 120 valence electrons. The molecule has 0 amide bonds. The summed E-state index contributed by atoms with van der Waals surface area (Å²) >= 11 is 3.49. The van der Waals surface area contributed by atoms with Gasteiger partial charge in [0, 0.05) is 27.6 Å². The summed E-state index contributed by atoms with van der Waals surface area (Å²) in [6, 6.07) is 14.8. The summed E-state index contributed by atoms with van der Waals surface area (Å²) in [7, 11) is 1.70. The molecular weight excluding hydrogens is 352 g/mol. The predicted octanol–water partition coefficient (Wildman–Crippen LogP) is 4.27. The number of ether oxygens (including phenoxy) is 1. The van der Waals surface area contributed by atoms with E-state index in [-0.39, 0.29) is 0 Å². The lowest BCUT2D eigenvalue weighted by atomic mass is 10.1. The minimum Gasteiger partial charge on any atom is -0.497 e. The van der Waals surface area contributed by atoms with Crippen LogP contribution in [0.3, 0.4) is 0 Å². The van der Waals surface area contributed by atoms with Gasteiger partial charge in [0.05, 0.1) is 7.11 Å². The average molecular weight is 373 g/mol. The number of methoxy groups -OCH3 is 1. The van der Waals surface area contributed by atoms with Crippen molar-refractivity contribution in [3.05, 3.63) is 63.8 Å². The molecule has 0 atom stereocenters. The lowest BCUT2D eigenvalue weighted by molar-refractivity contribution is 0.415. The van der Waals surface area contributed by atoms with Crippen LogP contribution < -0.4 is 10.5 Å². The minimum atomic E-state index is 0.648. The van der Waals surface area contributed by atoms with Gasteiger partial charge in [0.15, 0.2) is 0 Å². The van der Waals surface area contributed by atoms with Gasteiger partial charge in [-0.25, -0.2) is 0 Å². The quantitative estimate of drug-likeness (QED) is 0.726. The topological polar surface area (TPSA) is 40.2 Å². The van der Waals surface area contributed by atoms with Crippen molar-refractivity contribution in [3.8, 4) is 5.75 Å². The molecule has 0 saturated carbocycles. The molecule has 2 aromatic carbocycles. The second-order valence-electron chi connectivity index (χ2n) is 5.70. The van der Waals surface area contributed by atoms with E-state index in [1.54, 1.807) is 7.11 Å². The first kappa shape index (κ1) is 16.1. The summed E-state index contributed by atoms with van der Waals surface area (Å²) in [5, 5.41) is 1.24. The predicted molar refractivity (Wildman–Crippen MR) is 99.2 cm³/mol. The third-order valence-corrected chi connectivity index (χ3v) is 4.84. The molecule has 0 aliphatic heterocycles. The Labute approximate surface area is 145 Å². The number of rotatable bonds is 5. The Bertz CT molecular complexity index is 821. The monoisotopic (exact) mass is 372 g/mol. The Balaban J connectivity index is 2.11. The third kappa shape index (κ3) is 3.14. The molecule has 0 saturated heterocycles. The fourth-order valence-electron chi connectivity index (χ4n) is 3.09. The van der Waals surface area contributed by atoms with E-state index in [9.17, 15) is 0 Å². The van der Waals surface area contributed by atoms with Gasteiger partial charge < -0.3 is 15.0 Å². The fourth-order valence-corrected chi connectivity index (χ4v) is 3.36. The first-order chi connectivity index (χ1) is 11.1.